The van der Waals surface area contributed by atoms with E-state index in [1.54, 1.807) is 0 Å². The molecule has 0 aliphatic carbocycles. The Labute approximate surface area is 143 Å². The summed E-state index contributed by atoms with van der Waals surface area (Å²) < 4.78 is 27.0. The number of piperazine rings is 1. The lowest BCUT2D eigenvalue weighted by molar-refractivity contribution is 0.570. The van der Waals surface area contributed by atoms with Crippen molar-refractivity contribution in [3.8, 4) is 0 Å². The quantitative estimate of drug-likeness (QED) is 0.741. The van der Waals surface area contributed by atoms with Gasteiger partial charge in [0.15, 0.2) is 0 Å². The molecule has 3 aromatic rings. The fourth-order valence-corrected chi connectivity index (χ4v) is 3.44. The SMILES string of the molecule is Fc1ccc(N2CCN(c3c[nH]c4ccc(Cl)cc34)CC2)c(F)c1. The van der Waals surface area contributed by atoms with E-state index in [0.717, 1.165) is 35.7 Å². The predicted molar refractivity (Wildman–Crippen MR) is 94.1 cm³/mol. The maximum atomic E-state index is 13.9. The van der Waals surface area contributed by atoms with Crippen LogP contribution in [0.2, 0.25) is 5.02 Å². The van der Waals surface area contributed by atoms with Gasteiger partial charge in [-0.2, -0.15) is 0 Å². The molecule has 4 rings (SSSR count). The topological polar surface area (TPSA) is 22.3 Å². The van der Waals surface area contributed by atoms with Gasteiger partial charge in [0.2, 0.25) is 0 Å². The van der Waals surface area contributed by atoms with Crippen LogP contribution in [0, 0.1) is 11.6 Å². The molecule has 0 spiro atoms. The molecular formula is C18H16ClF2N3. The van der Waals surface area contributed by atoms with E-state index in [4.69, 9.17) is 11.6 Å². The molecule has 0 atom stereocenters. The molecule has 124 valence electrons. The van der Waals surface area contributed by atoms with Gasteiger partial charge in [0.1, 0.15) is 11.6 Å². The Balaban J connectivity index is 1.54. The van der Waals surface area contributed by atoms with Gasteiger partial charge in [0, 0.05) is 54.4 Å². The highest BCUT2D eigenvalue weighted by Crippen LogP contribution is 2.30. The predicted octanol–water partition coefficient (Wildman–Crippen LogP) is 4.43. The summed E-state index contributed by atoms with van der Waals surface area (Å²) in [6, 6.07) is 9.51. The van der Waals surface area contributed by atoms with Gasteiger partial charge in [-0.3, -0.25) is 0 Å². The Morgan fingerprint density at radius 1 is 0.875 bits per heavy atom. The van der Waals surface area contributed by atoms with E-state index in [9.17, 15) is 8.78 Å². The van der Waals surface area contributed by atoms with E-state index < -0.39 is 11.6 Å². The second-order valence-electron chi connectivity index (χ2n) is 5.93. The molecule has 2 heterocycles. The maximum Gasteiger partial charge on any atom is 0.149 e. The first-order valence-corrected chi connectivity index (χ1v) is 8.21. The van der Waals surface area contributed by atoms with Gasteiger partial charge in [-0.1, -0.05) is 11.6 Å². The molecule has 1 aromatic heterocycles. The summed E-state index contributed by atoms with van der Waals surface area (Å²) in [6.07, 6.45) is 1.98. The third-order valence-electron chi connectivity index (χ3n) is 4.49. The number of hydrogen-bond acceptors (Lipinski definition) is 2. The molecular weight excluding hydrogens is 332 g/mol. The van der Waals surface area contributed by atoms with Gasteiger partial charge in [-0.05, 0) is 30.3 Å². The molecule has 2 aromatic carbocycles. The largest absolute Gasteiger partial charge is 0.366 e. The van der Waals surface area contributed by atoms with Crippen LogP contribution in [0.3, 0.4) is 0 Å². The minimum Gasteiger partial charge on any atom is -0.366 e. The maximum absolute atomic E-state index is 13.9. The van der Waals surface area contributed by atoms with Crippen molar-refractivity contribution >= 4 is 33.9 Å². The number of rotatable bonds is 2. The third kappa shape index (κ3) is 2.69. The summed E-state index contributed by atoms with van der Waals surface area (Å²) in [6.45, 7) is 2.87. The van der Waals surface area contributed by atoms with Crippen LogP contribution in [0.25, 0.3) is 10.9 Å². The second kappa shape index (κ2) is 5.98. The molecule has 1 aliphatic heterocycles. The van der Waals surface area contributed by atoms with Crippen molar-refractivity contribution in [1.82, 2.24) is 4.98 Å². The fraction of sp³-hybridized carbons (Fsp3) is 0.222. The first kappa shape index (κ1) is 15.3. The lowest BCUT2D eigenvalue weighted by Crippen LogP contribution is -2.46. The van der Waals surface area contributed by atoms with Crippen LogP contribution in [0.1, 0.15) is 0 Å². The van der Waals surface area contributed by atoms with Crippen molar-refractivity contribution in [1.29, 1.82) is 0 Å². The summed E-state index contributed by atoms with van der Waals surface area (Å²) in [7, 11) is 0. The normalized spacial score (nSPS) is 15.3. The summed E-state index contributed by atoms with van der Waals surface area (Å²) in [5, 5.41) is 1.79. The number of H-pyrrole nitrogens is 1. The number of aromatic amines is 1. The van der Waals surface area contributed by atoms with Crippen molar-refractivity contribution in [2.24, 2.45) is 0 Å². The third-order valence-corrected chi connectivity index (χ3v) is 4.73. The van der Waals surface area contributed by atoms with E-state index in [1.165, 1.54) is 12.1 Å². The van der Waals surface area contributed by atoms with Gasteiger partial charge in [-0.15, -0.1) is 0 Å². The number of fused-ring (bicyclic) bond motifs is 1. The van der Waals surface area contributed by atoms with Crippen LogP contribution < -0.4 is 9.80 Å². The van der Waals surface area contributed by atoms with Crippen molar-refractivity contribution in [2.45, 2.75) is 0 Å². The number of hydrogen-bond donors (Lipinski definition) is 1. The lowest BCUT2D eigenvalue weighted by atomic mass is 10.2. The zero-order valence-corrected chi connectivity index (χ0v) is 13.7. The first-order valence-electron chi connectivity index (χ1n) is 7.83. The Hall–Kier alpha value is -2.27. The Morgan fingerprint density at radius 3 is 2.29 bits per heavy atom. The van der Waals surface area contributed by atoms with E-state index in [1.807, 2.05) is 29.3 Å². The molecule has 24 heavy (non-hydrogen) atoms. The molecule has 1 N–H and O–H groups in total. The number of nitrogens with one attached hydrogen (secondary N) is 1. The van der Waals surface area contributed by atoms with Gasteiger partial charge >= 0.3 is 0 Å². The van der Waals surface area contributed by atoms with E-state index in [-0.39, 0.29) is 0 Å². The molecule has 1 fully saturated rings. The van der Waals surface area contributed by atoms with Crippen LogP contribution in [0.15, 0.2) is 42.6 Å². The van der Waals surface area contributed by atoms with Crippen LogP contribution in [-0.4, -0.2) is 31.2 Å². The molecule has 0 radical (unpaired) electrons. The zero-order valence-electron chi connectivity index (χ0n) is 12.9. The number of aromatic nitrogens is 1. The fourth-order valence-electron chi connectivity index (χ4n) is 3.27. The van der Waals surface area contributed by atoms with Gasteiger partial charge < -0.3 is 14.8 Å². The standard InChI is InChI=1S/C18H16ClF2N3/c19-12-1-3-16-14(9-12)18(11-22-16)24-7-5-23(6-8-24)17-4-2-13(20)10-15(17)21/h1-4,9-11,22H,5-8H2. The highest BCUT2D eigenvalue weighted by molar-refractivity contribution is 6.31. The highest BCUT2D eigenvalue weighted by Gasteiger charge is 2.21. The van der Waals surface area contributed by atoms with E-state index >= 15 is 0 Å². The Bertz CT molecular complexity index is 885. The monoisotopic (exact) mass is 347 g/mol. The van der Waals surface area contributed by atoms with Crippen LogP contribution in [0.4, 0.5) is 20.2 Å². The summed E-state index contributed by atoms with van der Waals surface area (Å²) in [5.41, 5.74) is 2.60. The lowest BCUT2D eigenvalue weighted by Gasteiger charge is -2.37. The smallest absolute Gasteiger partial charge is 0.149 e. The summed E-state index contributed by atoms with van der Waals surface area (Å²) >= 11 is 6.11. The van der Waals surface area contributed by atoms with Crippen LogP contribution >= 0.6 is 11.6 Å². The highest BCUT2D eigenvalue weighted by atomic mass is 35.5. The minimum atomic E-state index is -0.550. The molecule has 3 nitrogen and oxygen atoms in total. The molecule has 0 unspecified atom stereocenters. The Morgan fingerprint density at radius 2 is 1.58 bits per heavy atom. The number of anilines is 2. The number of halogens is 3. The second-order valence-corrected chi connectivity index (χ2v) is 6.37. The molecule has 6 heteroatoms. The van der Waals surface area contributed by atoms with Gasteiger partial charge in [-0.25, -0.2) is 8.78 Å². The van der Waals surface area contributed by atoms with Crippen LogP contribution in [0.5, 0.6) is 0 Å². The molecule has 0 amide bonds. The van der Waals surface area contributed by atoms with Crippen molar-refractivity contribution < 1.29 is 8.78 Å². The zero-order chi connectivity index (χ0) is 16.7. The molecule has 1 aliphatic rings. The molecule has 0 saturated carbocycles. The summed E-state index contributed by atoms with van der Waals surface area (Å²) in [4.78, 5) is 7.46. The minimum absolute atomic E-state index is 0.457. The van der Waals surface area contributed by atoms with Crippen molar-refractivity contribution in [2.75, 3.05) is 36.0 Å². The first-order chi connectivity index (χ1) is 11.6. The average Bonchev–Trinajstić information content (AvgIpc) is 2.98. The number of nitrogens with zero attached hydrogens (tertiary/aromatic N) is 2. The molecule has 1 saturated heterocycles. The van der Waals surface area contributed by atoms with E-state index in [0.29, 0.717) is 23.8 Å². The summed E-state index contributed by atoms with van der Waals surface area (Å²) in [5.74, 6) is -1.06. The van der Waals surface area contributed by atoms with Crippen LogP contribution in [-0.2, 0) is 0 Å². The van der Waals surface area contributed by atoms with E-state index in [2.05, 4.69) is 9.88 Å². The molecule has 0 bridgehead atoms. The van der Waals surface area contributed by atoms with Crippen molar-refractivity contribution in [3.05, 3.63) is 59.3 Å². The average molecular weight is 348 g/mol. The number of benzene rings is 2. The van der Waals surface area contributed by atoms with Gasteiger partial charge in [0.05, 0.1) is 11.4 Å². The Kier molecular flexibility index (Phi) is 3.81. The van der Waals surface area contributed by atoms with Gasteiger partial charge in [0.25, 0.3) is 0 Å². The van der Waals surface area contributed by atoms with Crippen molar-refractivity contribution in [3.63, 3.8) is 0 Å².